The molecule has 0 heterocycles. The minimum Gasteiger partial charge on any atom is -0.494 e. The molecule has 0 fully saturated rings. The molecule has 1 amide bonds. The molecule has 0 saturated carbocycles. The molecule has 0 aliphatic rings. The number of carbonyl (C=O) groups excluding carboxylic acids is 1. The molecule has 3 nitrogen and oxygen atoms in total. The van der Waals surface area contributed by atoms with Crippen LogP contribution in [0, 0.1) is 5.82 Å². The summed E-state index contributed by atoms with van der Waals surface area (Å²) in [4.78, 5) is 10.9. The molecule has 1 rings (SSSR count). The van der Waals surface area contributed by atoms with Crippen LogP contribution in [0.25, 0.3) is 0 Å². The molecule has 1 aromatic carbocycles. The number of nitrogens with one attached hydrogen (secondary N) is 1. The molecule has 0 bridgehead atoms. The molecule has 0 aromatic heterocycles. The Morgan fingerprint density at radius 2 is 2.36 bits per heavy atom. The highest BCUT2D eigenvalue weighted by Crippen LogP contribution is 2.26. The number of hydrogen-bond donors (Lipinski definition) is 1. The van der Waals surface area contributed by atoms with Crippen LogP contribution in [-0.2, 0) is 4.79 Å². The SMILES string of the molecule is COc1cccc(F)c1NC(=O)CCl. The number of benzene rings is 1. The van der Waals surface area contributed by atoms with E-state index >= 15 is 0 Å². The number of para-hydroxylation sites is 1. The first-order valence-corrected chi connectivity index (χ1v) is 4.40. The third kappa shape index (κ3) is 2.35. The third-order valence-corrected chi connectivity index (χ3v) is 1.82. The highest BCUT2D eigenvalue weighted by atomic mass is 35.5. The van der Waals surface area contributed by atoms with Gasteiger partial charge < -0.3 is 10.1 Å². The van der Waals surface area contributed by atoms with Crippen molar-refractivity contribution in [3.8, 4) is 5.75 Å². The standard InChI is InChI=1S/C9H9ClFNO2/c1-14-7-4-2-3-6(11)9(7)12-8(13)5-10/h2-4H,5H2,1H3,(H,12,13). The molecule has 76 valence electrons. The molecule has 0 aliphatic heterocycles. The lowest BCUT2D eigenvalue weighted by Gasteiger charge is -2.09. The molecule has 14 heavy (non-hydrogen) atoms. The minimum atomic E-state index is -0.553. The van der Waals surface area contributed by atoms with Crippen molar-refractivity contribution >= 4 is 23.2 Å². The molecule has 0 aliphatic carbocycles. The van der Waals surface area contributed by atoms with Gasteiger partial charge in [0.1, 0.15) is 17.3 Å². The zero-order chi connectivity index (χ0) is 10.6. The summed E-state index contributed by atoms with van der Waals surface area (Å²) in [5, 5.41) is 2.31. The summed E-state index contributed by atoms with van der Waals surface area (Å²) in [5.41, 5.74) is 0.0145. The van der Waals surface area contributed by atoms with E-state index in [1.165, 1.54) is 19.2 Å². The maximum atomic E-state index is 13.2. The molecule has 1 N–H and O–H groups in total. The molecule has 0 radical (unpaired) electrons. The fourth-order valence-electron chi connectivity index (χ4n) is 0.969. The van der Waals surface area contributed by atoms with E-state index in [0.29, 0.717) is 0 Å². The monoisotopic (exact) mass is 217 g/mol. The van der Waals surface area contributed by atoms with E-state index in [1.807, 2.05) is 0 Å². The predicted octanol–water partition coefficient (Wildman–Crippen LogP) is 2.01. The molecule has 0 saturated heterocycles. The van der Waals surface area contributed by atoms with Gasteiger partial charge in [0, 0.05) is 0 Å². The lowest BCUT2D eigenvalue weighted by atomic mass is 10.2. The van der Waals surface area contributed by atoms with Gasteiger partial charge in [0.05, 0.1) is 7.11 Å². The van der Waals surface area contributed by atoms with Crippen LogP contribution in [0.3, 0.4) is 0 Å². The lowest BCUT2D eigenvalue weighted by Crippen LogP contribution is -2.14. The Kier molecular flexibility index (Phi) is 3.71. The first-order valence-electron chi connectivity index (χ1n) is 3.87. The summed E-state index contributed by atoms with van der Waals surface area (Å²) in [6.07, 6.45) is 0. The number of ether oxygens (including phenoxy) is 1. The van der Waals surface area contributed by atoms with Crippen LogP contribution in [0.1, 0.15) is 0 Å². The number of carbonyl (C=O) groups is 1. The normalized spacial score (nSPS) is 9.64. The van der Waals surface area contributed by atoms with E-state index in [4.69, 9.17) is 16.3 Å². The van der Waals surface area contributed by atoms with Crippen LogP contribution in [0.2, 0.25) is 0 Å². The Morgan fingerprint density at radius 3 is 2.93 bits per heavy atom. The van der Waals surface area contributed by atoms with E-state index in [9.17, 15) is 9.18 Å². The van der Waals surface area contributed by atoms with Gasteiger partial charge >= 0.3 is 0 Å². The van der Waals surface area contributed by atoms with Crippen molar-refractivity contribution in [2.45, 2.75) is 0 Å². The van der Waals surface area contributed by atoms with Gasteiger partial charge in [-0.2, -0.15) is 0 Å². The Balaban J connectivity index is 2.98. The van der Waals surface area contributed by atoms with Gasteiger partial charge in [0.2, 0.25) is 5.91 Å². The topological polar surface area (TPSA) is 38.3 Å². The highest BCUT2D eigenvalue weighted by molar-refractivity contribution is 6.29. The second kappa shape index (κ2) is 4.81. The first kappa shape index (κ1) is 10.8. The van der Waals surface area contributed by atoms with Crippen molar-refractivity contribution in [3.05, 3.63) is 24.0 Å². The van der Waals surface area contributed by atoms with Crippen LogP contribution >= 0.6 is 11.6 Å². The van der Waals surface area contributed by atoms with Crippen molar-refractivity contribution < 1.29 is 13.9 Å². The molecular weight excluding hydrogens is 209 g/mol. The van der Waals surface area contributed by atoms with E-state index in [1.54, 1.807) is 6.07 Å². The molecule has 0 spiro atoms. The molecule has 5 heteroatoms. The van der Waals surface area contributed by atoms with Crippen LogP contribution in [0.4, 0.5) is 10.1 Å². The number of halogens is 2. The maximum absolute atomic E-state index is 13.2. The molecule has 0 unspecified atom stereocenters. The van der Waals surface area contributed by atoms with Crippen molar-refractivity contribution in [1.82, 2.24) is 0 Å². The van der Waals surface area contributed by atoms with Crippen LogP contribution in [0.15, 0.2) is 18.2 Å². The van der Waals surface area contributed by atoms with Gasteiger partial charge in [0.25, 0.3) is 0 Å². The van der Waals surface area contributed by atoms with E-state index in [0.717, 1.165) is 0 Å². The van der Waals surface area contributed by atoms with Gasteiger partial charge in [-0.15, -0.1) is 11.6 Å². The van der Waals surface area contributed by atoms with Crippen molar-refractivity contribution in [2.24, 2.45) is 0 Å². The third-order valence-electron chi connectivity index (χ3n) is 1.58. The average Bonchev–Trinajstić information content (AvgIpc) is 2.20. The number of hydrogen-bond acceptors (Lipinski definition) is 2. The van der Waals surface area contributed by atoms with Gasteiger partial charge in [-0.05, 0) is 12.1 Å². The number of rotatable bonds is 3. The smallest absolute Gasteiger partial charge is 0.239 e. The van der Waals surface area contributed by atoms with Crippen molar-refractivity contribution in [1.29, 1.82) is 0 Å². The zero-order valence-corrected chi connectivity index (χ0v) is 8.27. The summed E-state index contributed by atoms with van der Waals surface area (Å²) in [5.74, 6) is -0.987. The quantitative estimate of drug-likeness (QED) is 0.787. The van der Waals surface area contributed by atoms with Gasteiger partial charge in [0.15, 0.2) is 5.82 Å². The zero-order valence-electron chi connectivity index (χ0n) is 7.51. The van der Waals surface area contributed by atoms with Crippen LogP contribution in [0.5, 0.6) is 5.75 Å². The van der Waals surface area contributed by atoms with E-state index in [-0.39, 0.29) is 17.3 Å². The Morgan fingerprint density at radius 1 is 1.64 bits per heavy atom. The number of methoxy groups -OCH3 is 1. The van der Waals surface area contributed by atoms with Gasteiger partial charge in [-0.3, -0.25) is 4.79 Å². The maximum Gasteiger partial charge on any atom is 0.239 e. The summed E-state index contributed by atoms with van der Waals surface area (Å²) in [6.45, 7) is 0. The second-order valence-corrected chi connectivity index (χ2v) is 2.77. The van der Waals surface area contributed by atoms with E-state index < -0.39 is 11.7 Å². The second-order valence-electron chi connectivity index (χ2n) is 2.50. The summed E-state index contributed by atoms with van der Waals surface area (Å²) in [7, 11) is 1.39. The van der Waals surface area contributed by atoms with Crippen molar-refractivity contribution in [2.75, 3.05) is 18.3 Å². The van der Waals surface area contributed by atoms with Gasteiger partial charge in [-0.1, -0.05) is 6.07 Å². The molecular formula is C9H9ClFNO2. The summed E-state index contributed by atoms with van der Waals surface area (Å²) in [6, 6.07) is 4.27. The molecule has 0 atom stereocenters. The summed E-state index contributed by atoms with van der Waals surface area (Å²) < 4.78 is 18.1. The fourth-order valence-corrected chi connectivity index (χ4v) is 1.04. The number of amides is 1. The van der Waals surface area contributed by atoms with Gasteiger partial charge in [-0.25, -0.2) is 4.39 Å². The van der Waals surface area contributed by atoms with Crippen LogP contribution in [-0.4, -0.2) is 18.9 Å². The van der Waals surface area contributed by atoms with Crippen LogP contribution < -0.4 is 10.1 Å². The van der Waals surface area contributed by atoms with E-state index in [2.05, 4.69) is 5.32 Å². The Labute approximate surface area is 85.8 Å². The Hall–Kier alpha value is -1.29. The minimum absolute atomic E-state index is 0.0145. The number of anilines is 1. The molecule has 1 aromatic rings. The first-order chi connectivity index (χ1) is 6.69. The largest absolute Gasteiger partial charge is 0.494 e. The number of alkyl halides is 1. The average molecular weight is 218 g/mol. The lowest BCUT2D eigenvalue weighted by molar-refractivity contribution is -0.114. The Bertz CT molecular complexity index is 344. The fraction of sp³-hybridized carbons (Fsp3) is 0.222. The highest BCUT2D eigenvalue weighted by Gasteiger charge is 2.11. The predicted molar refractivity (Wildman–Crippen MR) is 52.3 cm³/mol. The van der Waals surface area contributed by atoms with Crippen molar-refractivity contribution in [3.63, 3.8) is 0 Å². The summed E-state index contributed by atoms with van der Waals surface area (Å²) >= 11 is 5.27.